The quantitative estimate of drug-likeness (QED) is 0.524. The molecule has 12 heavy (non-hydrogen) atoms. The highest BCUT2D eigenvalue weighted by Crippen LogP contribution is 2.45. The molecule has 0 amide bonds. The standard InChI is InChI=1S/C10H12Cl2/c11-10(12)6-5-8-3-1-2-4-9(8)7-10/h1-2,4,8H,3,5-7H2. The Hall–Kier alpha value is 0.0600. The fraction of sp³-hybridized carbons (Fsp3) is 0.600. The van der Waals surface area contributed by atoms with Crippen molar-refractivity contribution in [3.8, 4) is 0 Å². The molecular formula is C10H12Cl2. The van der Waals surface area contributed by atoms with Crippen molar-refractivity contribution in [2.24, 2.45) is 5.92 Å². The number of hydrogen-bond acceptors (Lipinski definition) is 0. The van der Waals surface area contributed by atoms with Gasteiger partial charge in [0.05, 0.1) is 0 Å². The van der Waals surface area contributed by atoms with Gasteiger partial charge in [-0.05, 0) is 25.2 Å². The lowest BCUT2D eigenvalue weighted by Gasteiger charge is -2.33. The van der Waals surface area contributed by atoms with Crippen molar-refractivity contribution < 1.29 is 0 Å². The van der Waals surface area contributed by atoms with Gasteiger partial charge in [0.2, 0.25) is 0 Å². The van der Waals surface area contributed by atoms with Crippen LogP contribution in [0.5, 0.6) is 0 Å². The average Bonchev–Trinajstić information content (AvgIpc) is 2.02. The van der Waals surface area contributed by atoms with E-state index in [9.17, 15) is 0 Å². The van der Waals surface area contributed by atoms with E-state index in [1.165, 1.54) is 12.0 Å². The Morgan fingerprint density at radius 1 is 1.42 bits per heavy atom. The summed E-state index contributed by atoms with van der Waals surface area (Å²) in [6.45, 7) is 0. The third-order valence-electron chi connectivity index (χ3n) is 2.71. The highest BCUT2D eigenvalue weighted by molar-refractivity contribution is 6.48. The van der Waals surface area contributed by atoms with Crippen LogP contribution in [0.4, 0.5) is 0 Å². The van der Waals surface area contributed by atoms with Gasteiger partial charge in [-0.3, -0.25) is 0 Å². The van der Waals surface area contributed by atoms with Crippen LogP contribution in [0.3, 0.4) is 0 Å². The van der Waals surface area contributed by atoms with Gasteiger partial charge >= 0.3 is 0 Å². The third kappa shape index (κ3) is 1.70. The van der Waals surface area contributed by atoms with Crippen molar-refractivity contribution in [2.75, 3.05) is 0 Å². The smallest absolute Gasteiger partial charge is 0.101 e. The molecule has 0 aromatic heterocycles. The lowest BCUT2D eigenvalue weighted by Crippen LogP contribution is -2.25. The molecule has 0 bridgehead atoms. The largest absolute Gasteiger partial charge is 0.122 e. The summed E-state index contributed by atoms with van der Waals surface area (Å²) in [5, 5.41) is 0. The Morgan fingerprint density at radius 2 is 2.25 bits per heavy atom. The maximum Gasteiger partial charge on any atom is 0.122 e. The molecule has 2 aliphatic rings. The molecule has 0 aromatic rings. The molecule has 0 nitrogen and oxygen atoms in total. The normalized spacial score (nSPS) is 32.5. The molecule has 2 aliphatic carbocycles. The summed E-state index contributed by atoms with van der Waals surface area (Å²) < 4.78 is -0.493. The SMILES string of the molecule is ClC1(Cl)CCC2CC=CC=C2C1. The van der Waals surface area contributed by atoms with Crippen LogP contribution in [0.2, 0.25) is 0 Å². The number of allylic oxidation sites excluding steroid dienone is 4. The zero-order valence-electron chi connectivity index (χ0n) is 6.89. The van der Waals surface area contributed by atoms with Crippen LogP contribution in [-0.2, 0) is 0 Å². The number of fused-ring (bicyclic) bond motifs is 1. The van der Waals surface area contributed by atoms with Crippen LogP contribution in [0, 0.1) is 5.92 Å². The van der Waals surface area contributed by atoms with Crippen LogP contribution in [0.1, 0.15) is 25.7 Å². The van der Waals surface area contributed by atoms with Gasteiger partial charge in [-0.25, -0.2) is 0 Å². The Kier molecular flexibility index (Phi) is 2.22. The number of rotatable bonds is 0. The molecule has 2 heteroatoms. The van der Waals surface area contributed by atoms with E-state index in [2.05, 4.69) is 18.2 Å². The summed E-state index contributed by atoms with van der Waals surface area (Å²) in [4.78, 5) is 0. The van der Waals surface area contributed by atoms with Crippen molar-refractivity contribution in [3.63, 3.8) is 0 Å². The average molecular weight is 203 g/mol. The van der Waals surface area contributed by atoms with E-state index in [1.54, 1.807) is 0 Å². The molecule has 0 aliphatic heterocycles. The summed E-state index contributed by atoms with van der Waals surface area (Å²) in [5.41, 5.74) is 1.44. The van der Waals surface area contributed by atoms with Gasteiger partial charge in [-0.2, -0.15) is 0 Å². The zero-order chi connectivity index (χ0) is 8.60. The predicted octanol–water partition coefficient (Wildman–Crippen LogP) is 3.85. The Balaban J connectivity index is 2.16. The summed E-state index contributed by atoms with van der Waals surface area (Å²) in [5.74, 6) is 0.723. The minimum absolute atomic E-state index is 0.493. The molecule has 2 rings (SSSR count). The van der Waals surface area contributed by atoms with Crippen LogP contribution >= 0.6 is 23.2 Å². The molecule has 0 spiro atoms. The van der Waals surface area contributed by atoms with E-state index in [1.807, 2.05) is 0 Å². The Labute approximate surface area is 83.2 Å². The second-order valence-electron chi connectivity index (χ2n) is 3.67. The van der Waals surface area contributed by atoms with Crippen LogP contribution in [0.15, 0.2) is 23.8 Å². The van der Waals surface area contributed by atoms with Gasteiger partial charge in [0, 0.05) is 6.42 Å². The lowest BCUT2D eigenvalue weighted by molar-refractivity contribution is 0.436. The van der Waals surface area contributed by atoms with Crippen molar-refractivity contribution >= 4 is 23.2 Å². The van der Waals surface area contributed by atoms with Crippen LogP contribution in [-0.4, -0.2) is 4.33 Å². The molecular weight excluding hydrogens is 191 g/mol. The number of halogens is 2. The zero-order valence-corrected chi connectivity index (χ0v) is 8.41. The van der Waals surface area contributed by atoms with Crippen molar-refractivity contribution in [2.45, 2.75) is 30.0 Å². The van der Waals surface area contributed by atoms with Crippen LogP contribution < -0.4 is 0 Å². The van der Waals surface area contributed by atoms with E-state index >= 15 is 0 Å². The van der Waals surface area contributed by atoms with Gasteiger partial charge in [0.25, 0.3) is 0 Å². The first-order valence-electron chi connectivity index (χ1n) is 4.41. The number of alkyl halides is 2. The van der Waals surface area contributed by atoms with E-state index < -0.39 is 4.33 Å². The van der Waals surface area contributed by atoms with E-state index in [-0.39, 0.29) is 0 Å². The second-order valence-corrected chi connectivity index (χ2v) is 5.31. The maximum absolute atomic E-state index is 6.09. The molecule has 0 radical (unpaired) electrons. The minimum atomic E-state index is -0.493. The molecule has 1 saturated carbocycles. The summed E-state index contributed by atoms with van der Waals surface area (Å²) in [7, 11) is 0. The second kappa shape index (κ2) is 3.08. The summed E-state index contributed by atoms with van der Waals surface area (Å²) in [6, 6.07) is 0. The fourth-order valence-corrected chi connectivity index (χ4v) is 2.53. The molecule has 1 fully saturated rings. The molecule has 66 valence electrons. The van der Waals surface area contributed by atoms with Crippen LogP contribution in [0.25, 0.3) is 0 Å². The molecule has 0 aromatic carbocycles. The topological polar surface area (TPSA) is 0 Å². The molecule has 0 saturated heterocycles. The van der Waals surface area contributed by atoms with Crippen molar-refractivity contribution in [3.05, 3.63) is 23.8 Å². The van der Waals surface area contributed by atoms with E-state index in [0.29, 0.717) is 0 Å². The van der Waals surface area contributed by atoms with Gasteiger partial charge in [0.1, 0.15) is 4.33 Å². The third-order valence-corrected chi connectivity index (χ3v) is 3.36. The van der Waals surface area contributed by atoms with Gasteiger partial charge in [0.15, 0.2) is 0 Å². The molecule has 1 unspecified atom stereocenters. The highest BCUT2D eigenvalue weighted by Gasteiger charge is 2.34. The fourth-order valence-electron chi connectivity index (χ4n) is 2.00. The Morgan fingerprint density at radius 3 is 3.08 bits per heavy atom. The predicted molar refractivity (Wildman–Crippen MR) is 53.6 cm³/mol. The first-order valence-corrected chi connectivity index (χ1v) is 5.16. The summed E-state index contributed by atoms with van der Waals surface area (Å²) in [6.07, 6.45) is 10.6. The van der Waals surface area contributed by atoms with Crippen molar-refractivity contribution in [1.82, 2.24) is 0 Å². The van der Waals surface area contributed by atoms with E-state index in [0.717, 1.165) is 25.2 Å². The summed E-state index contributed by atoms with van der Waals surface area (Å²) >= 11 is 12.2. The lowest BCUT2D eigenvalue weighted by atomic mass is 9.79. The monoisotopic (exact) mass is 202 g/mol. The highest BCUT2D eigenvalue weighted by atomic mass is 35.5. The van der Waals surface area contributed by atoms with Gasteiger partial charge in [-0.1, -0.05) is 23.8 Å². The maximum atomic E-state index is 6.09. The molecule has 0 N–H and O–H groups in total. The molecule has 0 heterocycles. The van der Waals surface area contributed by atoms with Gasteiger partial charge in [-0.15, -0.1) is 23.2 Å². The first kappa shape index (κ1) is 8.65. The Bertz CT molecular complexity index is 238. The van der Waals surface area contributed by atoms with E-state index in [4.69, 9.17) is 23.2 Å². The number of hydrogen-bond donors (Lipinski definition) is 0. The minimum Gasteiger partial charge on any atom is -0.101 e. The van der Waals surface area contributed by atoms with Crippen molar-refractivity contribution in [1.29, 1.82) is 0 Å². The first-order chi connectivity index (χ1) is 5.67. The van der Waals surface area contributed by atoms with Gasteiger partial charge < -0.3 is 0 Å². The molecule has 1 atom stereocenters.